The van der Waals surface area contributed by atoms with Gasteiger partial charge < -0.3 is 5.32 Å². The summed E-state index contributed by atoms with van der Waals surface area (Å²) in [5.41, 5.74) is -0.334. The van der Waals surface area contributed by atoms with Crippen LogP contribution in [0, 0.1) is 11.3 Å². The minimum Gasteiger partial charge on any atom is -0.313 e. The van der Waals surface area contributed by atoms with E-state index >= 15 is 0 Å². The van der Waals surface area contributed by atoms with Gasteiger partial charge in [0.05, 0.1) is 11.6 Å². The third-order valence-electron chi connectivity index (χ3n) is 2.53. The van der Waals surface area contributed by atoms with Gasteiger partial charge in [0.25, 0.3) is 0 Å². The number of alkyl halides is 3. The molecule has 18 heavy (non-hydrogen) atoms. The molecule has 0 saturated carbocycles. The highest BCUT2D eigenvalue weighted by Crippen LogP contribution is 2.31. The topological polar surface area (TPSA) is 35.8 Å². The van der Waals surface area contributed by atoms with Crippen molar-refractivity contribution in [3.05, 3.63) is 35.4 Å². The SMILES string of the molecule is N#CCCCCNCc1ccccc1C(F)(F)F. The van der Waals surface area contributed by atoms with Crippen LogP contribution in [-0.4, -0.2) is 6.54 Å². The molecule has 0 aliphatic heterocycles. The minimum atomic E-state index is -4.31. The fourth-order valence-electron chi connectivity index (χ4n) is 1.63. The summed E-state index contributed by atoms with van der Waals surface area (Å²) in [5, 5.41) is 11.3. The Morgan fingerprint density at radius 1 is 1.17 bits per heavy atom. The number of benzene rings is 1. The Labute approximate surface area is 104 Å². The maximum absolute atomic E-state index is 12.7. The van der Waals surface area contributed by atoms with Gasteiger partial charge in [-0.1, -0.05) is 18.2 Å². The van der Waals surface area contributed by atoms with Crippen LogP contribution >= 0.6 is 0 Å². The van der Waals surface area contributed by atoms with E-state index in [1.54, 1.807) is 6.07 Å². The highest BCUT2D eigenvalue weighted by molar-refractivity contribution is 5.29. The minimum absolute atomic E-state index is 0.197. The van der Waals surface area contributed by atoms with Crippen molar-refractivity contribution in [2.45, 2.75) is 32.0 Å². The molecule has 1 aromatic rings. The first kappa shape index (κ1) is 14.5. The van der Waals surface area contributed by atoms with Gasteiger partial charge in [-0.25, -0.2) is 0 Å². The van der Waals surface area contributed by atoms with Crippen molar-refractivity contribution < 1.29 is 13.2 Å². The highest BCUT2D eigenvalue weighted by atomic mass is 19.4. The first-order chi connectivity index (χ1) is 8.55. The molecule has 0 aliphatic carbocycles. The van der Waals surface area contributed by atoms with Crippen molar-refractivity contribution in [2.75, 3.05) is 6.54 Å². The Morgan fingerprint density at radius 2 is 1.89 bits per heavy atom. The number of nitrogens with zero attached hydrogens (tertiary/aromatic N) is 1. The summed E-state index contributed by atoms with van der Waals surface area (Å²) < 4.78 is 38.0. The van der Waals surface area contributed by atoms with Gasteiger partial charge in [0.1, 0.15) is 0 Å². The van der Waals surface area contributed by atoms with Gasteiger partial charge >= 0.3 is 6.18 Å². The molecule has 1 N–H and O–H groups in total. The molecule has 1 aromatic carbocycles. The summed E-state index contributed by atoms with van der Waals surface area (Å²) >= 11 is 0. The van der Waals surface area contributed by atoms with E-state index in [-0.39, 0.29) is 12.1 Å². The second-order valence-corrected chi connectivity index (χ2v) is 3.95. The number of hydrogen-bond acceptors (Lipinski definition) is 2. The van der Waals surface area contributed by atoms with E-state index in [4.69, 9.17) is 5.26 Å². The van der Waals surface area contributed by atoms with E-state index in [0.717, 1.165) is 18.9 Å². The molecule has 0 heterocycles. The zero-order valence-corrected chi connectivity index (χ0v) is 9.93. The van der Waals surface area contributed by atoms with Crippen molar-refractivity contribution in [1.82, 2.24) is 5.32 Å². The third-order valence-corrected chi connectivity index (χ3v) is 2.53. The predicted molar refractivity (Wildman–Crippen MR) is 62.6 cm³/mol. The third kappa shape index (κ3) is 4.76. The lowest BCUT2D eigenvalue weighted by Gasteiger charge is -2.13. The van der Waals surface area contributed by atoms with Crippen LogP contribution in [0.2, 0.25) is 0 Å². The molecule has 0 fully saturated rings. The standard InChI is InChI=1S/C13H15F3N2/c14-13(15,16)12-7-3-2-6-11(12)10-18-9-5-1-4-8-17/h2-3,6-7,18H,1,4-5,9-10H2. The normalized spacial score (nSPS) is 11.2. The molecule has 0 atom stereocenters. The average molecular weight is 256 g/mol. The number of nitriles is 1. The van der Waals surface area contributed by atoms with Crippen molar-refractivity contribution in [3.8, 4) is 6.07 Å². The van der Waals surface area contributed by atoms with Crippen LogP contribution in [-0.2, 0) is 12.7 Å². The Bertz CT molecular complexity index is 407. The van der Waals surface area contributed by atoms with Gasteiger partial charge in [0.2, 0.25) is 0 Å². The maximum Gasteiger partial charge on any atom is 0.416 e. The molecule has 0 bridgehead atoms. The van der Waals surface area contributed by atoms with E-state index in [9.17, 15) is 13.2 Å². The second kappa shape index (κ2) is 7.02. The summed E-state index contributed by atoms with van der Waals surface area (Å²) in [7, 11) is 0. The van der Waals surface area contributed by atoms with Crippen LogP contribution in [0.4, 0.5) is 13.2 Å². The molecule has 0 unspecified atom stereocenters. The van der Waals surface area contributed by atoms with Crippen LogP contribution in [0.1, 0.15) is 30.4 Å². The molecule has 0 amide bonds. The Balaban J connectivity index is 2.45. The number of hydrogen-bond donors (Lipinski definition) is 1. The molecule has 98 valence electrons. The molecule has 0 aromatic heterocycles. The smallest absolute Gasteiger partial charge is 0.313 e. The monoisotopic (exact) mass is 256 g/mol. The van der Waals surface area contributed by atoms with Crippen molar-refractivity contribution in [1.29, 1.82) is 5.26 Å². The van der Waals surface area contributed by atoms with Gasteiger partial charge in [0.15, 0.2) is 0 Å². The molecule has 0 aliphatic rings. The first-order valence-electron chi connectivity index (χ1n) is 5.78. The summed E-state index contributed by atoms with van der Waals surface area (Å²) in [6, 6.07) is 7.58. The van der Waals surface area contributed by atoms with E-state index in [1.807, 2.05) is 6.07 Å². The first-order valence-corrected chi connectivity index (χ1v) is 5.78. The summed E-state index contributed by atoms with van der Waals surface area (Å²) in [4.78, 5) is 0. The van der Waals surface area contributed by atoms with Gasteiger partial charge in [0, 0.05) is 13.0 Å². The quantitative estimate of drug-likeness (QED) is 0.791. The number of halogens is 3. The van der Waals surface area contributed by atoms with E-state index < -0.39 is 11.7 Å². The maximum atomic E-state index is 12.7. The average Bonchev–Trinajstić information content (AvgIpc) is 2.33. The Hall–Kier alpha value is -1.54. The van der Waals surface area contributed by atoms with Gasteiger partial charge in [-0.05, 0) is 31.0 Å². The van der Waals surface area contributed by atoms with Crippen molar-refractivity contribution in [3.63, 3.8) is 0 Å². The van der Waals surface area contributed by atoms with E-state index in [2.05, 4.69) is 5.32 Å². The Morgan fingerprint density at radius 3 is 2.56 bits per heavy atom. The zero-order chi connectivity index (χ0) is 13.4. The molecular formula is C13H15F3N2. The molecule has 1 rings (SSSR count). The molecule has 0 saturated heterocycles. The predicted octanol–water partition coefficient (Wildman–Crippen LogP) is 3.49. The largest absolute Gasteiger partial charge is 0.416 e. The summed E-state index contributed by atoms with van der Waals surface area (Å²) in [5.74, 6) is 0. The molecule has 0 radical (unpaired) electrons. The zero-order valence-electron chi connectivity index (χ0n) is 9.93. The fraction of sp³-hybridized carbons (Fsp3) is 0.462. The van der Waals surface area contributed by atoms with E-state index in [1.165, 1.54) is 12.1 Å². The van der Waals surface area contributed by atoms with Gasteiger partial charge in [-0.2, -0.15) is 18.4 Å². The lowest BCUT2D eigenvalue weighted by atomic mass is 10.1. The number of nitrogens with one attached hydrogen (secondary N) is 1. The van der Waals surface area contributed by atoms with Crippen molar-refractivity contribution in [2.24, 2.45) is 0 Å². The van der Waals surface area contributed by atoms with Crippen molar-refractivity contribution >= 4 is 0 Å². The molecule has 5 heteroatoms. The lowest BCUT2D eigenvalue weighted by Crippen LogP contribution is -2.18. The van der Waals surface area contributed by atoms with E-state index in [0.29, 0.717) is 13.0 Å². The number of rotatable bonds is 6. The lowest BCUT2D eigenvalue weighted by molar-refractivity contribution is -0.138. The second-order valence-electron chi connectivity index (χ2n) is 3.95. The van der Waals surface area contributed by atoms with Crippen LogP contribution in [0.3, 0.4) is 0 Å². The van der Waals surface area contributed by atoms with Crippen LogP contribution in [0.5, 0.6) is 0 Å². The van der Waals surface area contributed by atoms with Crippen LogP contribution in [0.25, 0.3) is 0 Å². The van der Waals surface area contributed by atoms with Crippen LogP contribution in [0.15, 0.2) is 24.3 Å². The van der Waals surface area contributed by atoms with Gasteiger partial charge in [-0.3, -0.25) is 0 Å². The fourth-order valence-corrected chi connectivity index (χ4v) is 1.63. The molecular weight excluding hydrogens is 241 g/mol. The van der Waals surface area contributed by atoms with Gasteiger partial charge in [-0.15, -0.1) is 0 Å². The Kier molecular flexibility index (Phi) is 5.66. The highest BCUT2D eigenvalue weighted by Gasteiger charge is 2.32. The van der Waals surface area contributed by atoms with Crippen LogP contribution < -0.4 is 5.32 Å². The summed E-state index contributed by atoms with van der Waals surface area (Å²) in [6.45, 7) is 0.816. The molecule has 2 nitrogen and oxygen atoms in total. The number of unbranched alkanes of at least 4 members (excludes halogenated alkanes) is 2. The molecule has 0 spiro atoms. The summed E-state index contributed by atoms with van der Waals surface area (Å²) in [6.07, 6.45) is -2.26.